The lowest BCUT2D eigenvalue weighted by atomic mass is 10.1. The first-order valence-corrected chi connectivity index (χ1v) is 10.2. The maximum absolute atomic E-state index is 5.86. The Kier molecular flexibility index (Phi) is 11.0. The summed E-state index contributed by atoms with van der Waals surface area (Å²) in [4.78, 5) is 0. The molecule has 2 heteroatoms. The molecule has 1 aliphatic heterocycles. The quantitative estimate of drug-likeness (QED) is 0.345. The topological polar surface area (TPSA) is 9.23 Å². The summed E-state index contributed by atoms with van der Waals surface area (Å²) in [7, 11) is -0.355. The summed E-state index contributed by atoms with van der Waals surface area (Å²) in [5.74, 6) is 0. The number of rotatable bonds is 11. The lowest BCUT2D eigenvalue weighted by molar-refractivity contribution is 0.285. The average molecular weight is 270 g/mol. The molecule has 18 heavy (non-hydrogen) atoms. The van der Waals surface area contributed by atoms with Gasteiger partial charge in [0, 0.05) is 6.61 Å². The lowest BCUT2D eigenvalue weighted by Crippen LogP contribution is -2.22. The van der Waals surface area contributed by atoms with Gasteiger partial charge < -0.3 is 4.43 Å². The molecule has 1 nitrogen and oxygen atoms in total. The lowest BCUT2D eigenvalue weighted by Gasteiger charge is -2.19. The van der Waals surface area contributed by atoms with Crippen LogP contribution in [0.4, 0.5) is 0 Å². The van der Waals surface area contributed by atoms with Crippen LogP contribution in [-0.4, -0.2) is 15.6 Å². The standard InChI is InChI=1S/C16H33OSi/c1-2-3-4-5-6-7-8-9-10-12-15-18-16-13-11-14-17-18/h2-16H2,1H3. The van der Waals surface area contributed by atoms with E-state index in [-0.39, 0.29) is 9.04 Å². The Bertz CT molecular complexity index is 166. The average Bonchev–Trinajstić information content (AvgIpc) is 2.42. The molecule has 0 unspecified atom stereocenters. The fourth-order valence-electron chi connectivity index (χ4n) is 2.72. The summed E-state index contributed by atoms with van der Waals surface area (Å²) in [5, 5.41) is 0. The fourth-order valence-corrected chi connectivity index (χ4v) is 4.98. The monoisotopic (exact) mass is 269 g/mol. The van der Waals surface area contributed by atoms with Crippen molar-refractivity contribution in [3.05, 3.63) is 0 Å². The molecule has 107 valence electrons. The summed E-state index contributed by atoms with van der Waals surface area (Å²) in [6.45, 7) is 3.35. The van der Waals surface area contributed by atoms with Crippen LogP contribution >= 0.6 is 0 Å². The molecule has 1 heterocycles. The zero-order valence-corrected chi connectivity index (χ0v) is 13.5. The van der Waals surface area contributed by atoms with E-state index >= 15 is 0 Å². The smallest absolute Gasteiger partial charge is 0.211 e. The maximum Gasteiger partial charge on any atom is 0.211 e. The van der Waals surface area contributed by atoms with Crippen LogP contribution < -0.4 is 0 Å². The Morgan fingerprint density at radius 2 is 1.39 bits per heavy atom. The second-order valence-corrected chi connectivity index (χ2v) is 8.14. The van der Waals surface area contributed by atoms with E-state index in [1.165, 1.54) is 89.1 Å². The van der Waals surface area contributed by atoms with Crippen LogP contribution in [0.15, 0.2) is 0 Å². The Labute approximate surface area is 116 Å². The molecule has 0 spiro atoms. The second-order valence-electron chi connectivity index (χ2n) is 5.78. The van der Waals surface area contributed by atoms with Crippen molar-refractivity contribution in [2.75, 3.05) is 6.61 Å². The normalized spacial score (nSPS) is 17.2. The van der Waals surface area contributed by atoms with Gasteiger partial charge in [0.15, 0.2) is 0 Å². The van der Waals surface area contributed by atoms with Gasteiger partial charge in [-0.15, -0.1) is 0 Å². The first-order valence-electron chi connectivity index (χ1n) is 8.41. The minimum absolute atomic E-state index is 0.355. The third kappa shape index (κ3) is 9.15. The molecule has 1 radical (unpaired) electrons. The largest absolute Gasteiger partial charge is 0.417 e. The van der Waals surface area contributed by atoms with Crippen LogP contribution in [0, 0.1) is 0 Å². The Morgan fingerprint density at radius 1 is 0.778 bits per heavy atom. The summed E-state index contributed by atoms with van der Waals surface area (Å²) >= 11 is 0. The Morgan fingerprint density at radius 3 is 1.94 bits per heavy atom. The van der Waals surface area contributed by atoms with Gasteiger partial charge in [0.25, 0.3) is 0 Å². The predicted octanol–water partition coefficient (Wildman–Crippen LogP) is 5.71. The van der Waals surface area contributed by atoms with Crippen LogP contribution in [0.2, 0.25) is 12.1 Å². The zero-order valence-electron chi connectivity index (χ0n) is 12.5. The summed E-state index contributed by atoms with van der Waals surface area (Å²) in [6.07, 6.45) is 17.2. The van der Waals surface area contributed by atoms with Crippen molar-refractivity contribution in [3.8, 4) is 0 Å². The minimum atomic E-state index is -0.355. The van der Waals surface area contributed by atoms with Crippen molar-refractivity contribution in [3.63, 3.8) is 0 Å². The molecule has 0 aliphatic carbocycles. The maximum atomic E-state index is 5.86. The van der Waals surface area contributed by atoms with E-state index in [0.717, 1.165) is 6.61 Å². The molecule has 0 bridgehead atoms. The number of hydrogen-bond acceptors (Lipinski definition) is 1. The highest BCUT2D eigenvalue weighted by Gasteiger charge is 2.16. The van der Waals surface area contributed by atoms with Gasteiger partial charge in [-0.2, -0.15) is 0 Å². The summed E-state index contributed by atoms with van der Waals surface area (Å²) < 4.78 is 5.86. The van der Waals surface area contributed by atoms with E-state index in [1.807, 2.05) is 0 Å². The molecular formula is C16H33OSi. The minimum Gasteiger partial charge on any atom is -0.417 e. The number of unbranched alkanes of at least 4 members (excludes halogenated alkanes) is 9. The van der Waals surface area contributed by atoms with Crippen molar-refractivity contribution in [1.82, 2.24) is 0 Å². The van der Waals surface area contributed by atoms with E-state index in [1.54, 1.807) is 0 Å². The van der Waals surface area contributed by atoms with Gasteiger partial charge in [-0.3, -0.25) is 0 Å². The molecular weight excluding hydrogens is 236 g/mol. The highest BCUT2D eigenvalue weighted by molar-refractivity contribution is 6.51. The van der Waals surface area contributed by atoms with Crippen LogP contribution in [0.3, 0.4) is 0 Å². The molecule has 0 atom stereocenters. The van der Waals surface area contributed by atoms with E-state index in [0.29, 0.717) is 0 Å². The molecule has 1 aliphatic rings. The van der Waals surface area contributed by atoms with Gasteiger partial charge in [-0.25, -0.2) is 0 Å². The summed E-state index contributed by atoms with van der Waals surface area (Å²) in [6, 6.07) is 2.84. The SMILES string of the molecule is CCCCCCCCCCCC[Si]1CCCCO1. The van der Waals surface area contributed by atoms with Crippen molar-refractivity contribution < 1.29 is 4.43 Å². The van der Waals surface area contributed by atoms with Gasteiger partial charge >= 0.3 is 0 Å². The van der Waals surface area contributed by atoms with E-state index in [2.05, 4.69) is 6.92 Å². The Balaban J connectivity index is 1.73. The van der Waals surface area contributed by atoms with Crippen LogP contribution in [0.1, 0.15) is 84.0 Å². The molecule has 0 aromatic carbocycles. The molecule has 0 amide bonds. The van der Waals surface area contributed by atoms with Crippen molar-refractivity contribution in [1.29, 1.82) is 0 Å². The van der Waals surface area contributed by atoms with Crippen LogP contribution in [0.5, 0.6) is 0 Å². The summed E-state index contributed by atoms with van der Waals surface area (Å²) in [5.41, 5.74) is 0. The molecule has 0 N–H and O–H groups in total. The number of hydrogen-bond donors (Lipinski definition) is 0. The van der Waals surface area contributed by atoms with E-state index < -0.39 is 0 Å². The van der Waals surface area contributed by atoms with E-state index in [9.17, 15) is 0 Å². The third-order valence-corrected chi connectivity index (χ3v) is 6.40. The van der Waals surface area contributed by atoms with E-state index in [4.69, 9.17) is 4.43 Å². The third-order valence-electron chi connectivity index (χ3n) is 3.97. The van der Waals surface area contributed by atoms with Crippen molar-refractivity contribution >= 4 is 9.04 Å². The highest BCUT2D eigenvalue weighted by Crippen LogP contribution is 2.18. The predicted molar refractivity (Wildman–Crippen MR) is 82.4 cm³/mol. The first kappa shape index (κ1) is 16.2. The van der Waals surface area contributed by atoms with Crippen molar-refractivity contribution in [2.45, 2.75) is 96.1 Å². The molecule has 1 rings (SSSR count). The fraction of sp³-hybridized carbons (Fsp3) is 1.00. The second kappa shape index (κ2) is 12.2. The molecule has 0 saturated carbocycles. The zero-order chi connectivity index (χ0) is 12.9. The molecule has 1 fully saturated rings. The molecule has 1 saturated heterocycles. The van der Waals surface area contributed by atoms with Crippen molar-refractivity contribution in [2.24, 2.45) is 0 Å². The molecule has 0 aromatic heterocycles. The van der Waals surface area contributed by atoms with Gasteiger partial charge in [-0.1, -0.05) is 77.6 Å². The van der Waals surface area contributed by atoms with Gasteiger partial charge in [0.1, 0.15) is 0 Å². The van der Waals surface area contributed by atoms with Gasteiger partial charge in [0.05, 0.1) is 0 Å². The Hall–Kier alpha value is 0.177. The van der Waals surface area contributed by atoms with Gasteiger partial charge in [0.2, 0.25) is 9.04 Å². The van der Waals surface area contributed by atoms with Crippen LogP contribution in [0.25, 0.3) is 0 Å². The molecule has 0 aromatic rings. The highest BCUT2D eigenvalue weighted by atomic mass is 28.3. The first-order chi connectivity index (χ1) is 8.93. The van der Waals surface area contributed by atoms with Crippen LogP contribution in [-0.2, 0) is 4.43 Å². The van der Waals surface area contributed by atoms with Gasteiger partial charge in [-0.05, 0) is 18.5 Å².